The second-order valence-corrected chi connectivity index (χ2v) is 5.47. The number of nitrogens with one attached hydrogen (secondary N) is 1. The fourth-order valence-corrected chi connectivity index (χ4v) is 2.21. The molecule has 0 bridgehead atoms. The molecule has 0 radical (unpaired) electrons. The third-order valence-corrected chi connectivity index (χ3v) is 3.18. The van der Waals surface area contributed by atoms with Gasteiger partial charge in [0.25, 0.3) is 0 Å². The number of rotatable bonds is 10. The Hall–Kier alpha value is -0.200. The summed E-state index contributed by atoms with van der Waals surface area (Å²) in [6.45, 7) is 9.31. The van der Waals surface area contributed by atoms with Gasteiger partial charge in [0.05, 0.1) is 38.6 Å². The van der Waals surface area contributed by atoms with Crippen molar-refractivity contribution in [3.05, 3.63) is 0 Å². The molecule has 1 aliphatic heterocycles. The molecular weight excluding hydrogens is 246 g/mol. The van der Waals surface area contributed by atoms with Crippen LogP contribution in [0.3, 0.4) is 0 Å². The first kappa shape index (κ1) is 16.9. The van der Waals surface area contributed by atoms with Crippen molar-refractivity contribution in [3.63, 3.8) is 0 Å². The van der Waals surface area contributed by atoms with Crippen LogP contribution in [0, 0.1) is 0 Å². The summed E-state index contributed by atoms with van der Waals surface area (Å²) in [5, 5.41) is 3.52. The van der Waals surface area contributed by atoms with E-state index in [0.29, 0.717) is 32.5 Å². The molecule has 0 aromatic rings. The minimum absolute atomic E-state index is 0.00592. The van der Waals surface area contributed by atoms with Gasteiger partial charge in [0.15, 0.2) is 0 Å². The van der Waals surface area contributed by atoms with Gasteiger partial charge in [-0.3, -0.25) is 0 Å². The molecule has 0 amide bonds. The van der Waals surface area contributed by atoms with Crippen LogP contribution in [-0.2, 0) is 18.9 Å². The molecular formula is C14H29NO4. The molecule has 114 valence electrons. The average molecular weight is 275 g/mol. The molecule has 1 heterocycles. The van der Waals surface area contributed by atoms with Gasteiger partial charge in [-0.25, -0.2) is 0 Å². The van der Waals surface area contributed by atoms with Crippen LogP contribution in [-0.4, -0.2) is 64.9 Å². The average Bonchev–Trinajstić information content (AvgIpc) is 2.36. The highest BCUT2D eigenvalue weighted by molar-refractivity contribution is 4.82. The molecule has 1 aliphatic rings. The topological polar surface area (TPSA) is 49.0 Å². The Morgan fingerprint density at radius 1 is 1.11 bits per heavy atom. The van der Waals surface area contributed by atoms with E-state index in [1.807, 2.05) is 0 Å². The molecule has 0 spiro atoms. The summed E-state index contributed by atoms with van der Waals surface area (Å²) in [4.78, 5) is 0. The van der Waals surface area contributed by atoms with E-state index in [4.69, 9.17) is 18.9 Å². The summed E-state index contributed by atoms with van der Waals surface area (Å²) >= 11 is 0. The Morgan fingerprint density at radius 2 is 1.79 bits per heavy atom. The van der Waals surface area contributed by atoms with E-state index in [1.54, 1.807) is 7.11 Å². The summed E-state index contributed by atoms with van der Waals surface area (Å²) in [7, 11) is 1.67. The Bertz CT molecular complexity index is 223. The van der Waals surface area contributed by atoms with Gasteiger partial charge >= 0.3 is 0 Å². The molecule has 0 aliphatic carbocycles. The minimum atomic E-state index is 0.00592. The highest BCUT2D eigenvalue weighted by Crippen LogP contribution is 2.23. The van der Waals surface area contributed by atoms with Gasteiger partial charge in [-0.05, 0) is 26.7 Å². The van der Waals surface area contributed by atoms with Crippen molar-refractivity contribution in [1.82, 2.24) is 5.32 Å². The smallest absolute Gasteiger partial charge is 0.0701 e. The van der Waals surface area contributed by atoms with Crippen molar-refractivity contribution in [2.75, 3.05) is 53.3 Å². The summed E-state index contributed by atoms with van der Waals surface area (Å²) in [5.41, 5.74) is 0.00592. The second-order valence-electron chi connectivity index (χ2n) is 5.47. The van der Waals surface area contributed by atoms with Crippen LogP contribution in [0.15, 0.2) is 0 Å². The van der Waals surface area contributed by atoms with Gasteiger partial charge in [0, 0.05) is 26.3 Å². The molecule has 0 saturated carbocycles. The molecule has 1 fully saturated rings. The number of hydrogen-bond donors (Lipinski definition) is 1. The minimum Gasteiger partial charge on any atom is -0.382 e. The Kier molecular flexibility index (Phi) is 8.57. The monoisotopic (exact) mass is 275 g/mol. The molecule has 19 heavy (non-hydrogen) atoms. The third kappa shape index (κ3) is 8.55. The standard InChI is InChI=1S/C14H29NO4/c1-14(2)12-13(4-6-19-14)15-5-7-17-10-11-18-9-8-16-3/h13,15H,4-12H2,1-3H3. The first-order valence-corrected chi connectivity index (χ1v) is 7.16. The van der Waals surface area contributed by atoms with E-state index in [2.05, 4.69) is 19.2 Å². The second kappa shape index (κ2) is 9.66. The zero-order valence-electron chi connectivity index (χ0n) is 12.6. The van der Waals surface area contributed by atoms with E-state index in [0.717, 1.165) is 32.6 Å². The van der Waals surface area contributed by atoms with Crippen molar-refractivity contribution in [1.29, 1.82) is 0 Å². The molecule has 0 aromatic carbocycles. The molecule has 5 heteroatoms. The number of ether oxygens (including phenoxy) is 4. The van der Waals surface area contributed by atoms with Gasteiger partial charge in [0.1, 0.15) is 0 Å². The van der Waals surface area contributed by atoms with Gasteiger partial charge in [-0.2, -0.15) is 0 Å². The Balaban J connectivity index is 1.88. The Morgan fingerprint density at radius 3 is 2.47 bits per heavy atom. The summed E-state index contributed by atoms with van der Waals surface area (Å²) in [6, 6.07) is 0.547. The lowest BCUT2D eigenvalue weighted by molar-refractivity contribution is -0.0635. The fourth-order valence-electron chi connectivity index (χ4n) is 2.21. The predicted molar refractivity (Wildman–Crippen MR) is 74.6 cm³/mol. The molecule has 1 saturated heterocycles. The van der Waals surface area contributed by atoms with Crippen molar-refractivity contribution in [2.24, 2.45) is 0 Å². The van der Waals surface area contributed by atoms with Crippen LogP contribution >= 0.6 is 0 Å². The van der Waals surface area contributed by atoms with Crippen LogP contribution < -0.4 is 5.32 Å². The molecule has 1 atom stereocenters. The summed E-state index contributed by atoms with van der Waals surface area (Å²) in [6.07, 6.45) is 2.15. The van der Waals surface area contributed by atoms with E-state index >= 15 is 0 Å². The lowest BCUT2D eigenvalue weighted by Crippen LogP contribution is -2.44. The lowest BCUT2D eigenvalue weighted by atomic mass is 9.94. The van der Waals surface area contributed by atoms with Crippen LogP contribution in [0.5, 0.6) is 0 Å². The number of methoxy groups -OCH3 is 1. The first-order valence-electron chi connectivity index (χ1n) is 7.16. The number of hydrogen-bond acceptors (Lipinski definition) is 5. The van der Waals surface area contributed by atoms with Gasteiger partial charge < -0.3 is 24.3 Å². The van der Waals surface area contributed by atoms with Crippen molar-refractivity contribution >= 4 is 0 Å². The maximum absolute atomic E-state index is 5.69. The van der Waals surface area contributed by atoms with Crippen LogP contribution in [0.4, 0.5) is 0 Å². The molecule has 5 nitrogen and oxygen atoms in total. The van der Waals surface area contributed by atoms with Gasteiger partial charge in [0.2, 0.25) is 0 Å². The van der Waals surface area contributed by atoms with E-state index < -0.39 is 0 Å². The van der Waals surface area contributed by atoms with Crippen molar-refractivity contribution in [3.8, 4) is 0 Å². The zero-order chi connectivity index (χ0) is 14.0. The maximum Gasteiger partial charge on any atom is 0.0701 e. The zero-order valence-corrected chi connectivity index (χ0v) is 12.6. The molecule has 1 N–H and O–H groups in total. The summed E-state index contributed by atoms with van der Waals surface area (Å²) < 4.78 is 21.4. The lowest BCUT2D eigenvalue weighted by Gasteiger charge is -2.35. The maximum atomic E-state index is 5.69. The highest BCUT2D eigenvalue weighted by Gasteiger charge is 2.28. The fraction of sp³-hybridized carbons (Fsp3) is 1.00. The highest BCUT2D eigenvalue weighted by atomic mass is 16.5. The third-order valence-electron chi connectivity index (χ3n) is 3.18. The predicted octanol–water partition coefficient (Wildman–Crippen LogP) is 1.21. The van der Waals surface area contributed by atoms with E-state index in [9.17, 15) is 0 Å². The van der Waals surface area contributed by atoms with Crippen molar-refractivity contribution < 1.29 is 18.9 Å². The normalized spacial score (nSPS) is 22.6. The van der Waals surface area contributed by atoms with Crippen LogP contribution in [0.25, 0.3) is 0 Å². The van der Waals surface area contributed by atoms with Gasteiger partial charge in [-0.15, -0.1) is 0 Å². The quantitative estimate of drug-likeness (QED) is 0.607. The van der Waals surface area contributed by atoms with E-state index in [-0.39, 0.29) is 5.60 Å². The SMILES string of the molecule is COCCOCCOCCNC1CCOC(C)(C)C1. The first-order chi connectivity index (χ1) is 9.14. The van der Waals surface area contributed by atoms with Gasteiger partial charge in [-0.1, -0.05) is 0 Å². The molecule has 1 unspecified atom stereocenters. The Labute approximate surface area is 116 Å². The molecule has 1 rings (SSSR count). The van der Waals surface area contributed by atoms with Crippen molar-refractivity contribution in [2.45, 2.75) is 38.3 Å². The van der Waals surface area contributed by atoms with Crippen LogP contribution in [0.1, 0.15) is 26.7 Å². The van der Waals surface area contributed by atoms with Crippen LogP contribution in [0.2, 0.25) is 0 Å². The molecule has 0 aromatic heterocycles. The van der Waals surface area contributed by atoms with E-state index in [1.165, 1.54) is 0 Å². The summed E-state index contributed by atoms with van der Waals surface area (Å²) in [5.74, 6) is 0. The largest absolute Gasteiger partial charge is 0.382 e.